The number of alkyl halides is 3. The second-order valence-corrected chi connectivity index (χ2v) is 6.73. The summed E-state index contributed by atoms with van der Waals surface area (Å²) in [5.74, 6) is 4.32. The van der Waals surface area contributed by atoms with Crippen molar-refractivity contribution in [2.45, 2.75) is 50.5 Å². The SMILES string of the molecule is CCC[C@@H]1O[C@](C#CC2CC2)(C(F)(F)F)c2cc(Cl)ccc2NC1=O. The zero-order valence-corrected chi connectivity index (χ0v) is 14.3. The lowest BCUT2D eigenvalue weighted by Crippen LogP contribution is -2.46. The summed E-state index contributed by atoms with van der Waals surface area (Å²) in [6.07, 6.45) is -3.86. The summed E-state index contributed by atoms with van der Waals surface area (Å²) >= 11 is 5.93. The van der Waals surface area contributed by atoms with Crippen LogP contribution in [0.4, 0.5) is 18.9 Å². The lowest BCUT2D eigenvalue weighted by atomic mass is 9.91. The van der Waals surface area contributed by atoms with Crippen LogP contribution in [0.3, 0.4) is 0 Å². The molecule has 2 atom stereocenters. The van der Waals surface area contributed by atoms with Crippen LogP contribution in [0.2, 0.25) is 5.02 Å². The van der Waals surface area contributed by atoms with Crippen molar-refractivity contribution in [2.24, 2.45) is 5.92 Å². The Morgan fingerprint density at radius 1 is 1.40 bits per heavy atom. The Morgan fingerprint density at radius 3 is 2.72 bits per heavy atom. The maximum atomic E-state index is 14.2. The van der Waals surface area contributed by atoms with Gasteiger partial charge in [0.15, 0.2) is 0 Å². The molecule has 3 nitrogen and oxygen atoms in total. The number of hydrogen-bond donors (Lipinski definition) is 1. The quantitative estimate of drug-likeness (QED) is 0.768. The maximum Gasteiger partial charge on any atom is 0.433 e. The minimum absolute atomic E-state index is 0.0235. The number of anilines is 1. The van der Waals surface area contributed by atoms with Crippen LogP contribution in [0.15, 0.2) is 18.2 Å². The second-order valence-electron chi connectivity index (χ2n) is 6.30. The molecule has 0 aromatic heterocycles. The van der Waals surface area contributed by atoms with Crippen LogP contribution in [0.1, 0.15) is 38.2 Å². The number of rotatable bonds is 2. The van der Waals surface area contributed by atoms with Gasteiger partial charge in [-0.15, -0.1) is 0 Å². The van der Waals surface area contributed by atoms with Crippen LogP contribution < -0.4 is 5.32 Å². The monoisotopic (exact) mass is 371 g/mol. The first-order chi connectivity index (χ1) is 11.8. The predicted molar refractivity (Wildman–Crippen MR) is 88.1 cm³/mol. The van der Waals surface area contributed by atoms with E-state index in [-0.39, 0.29) is 28.6 Å². The van der Waals surface area contributed by atoms with Gasteiger partial charge in [-0.3, -0.25) is 4.79 Å². The van der Waals surface area contributed by atoms with Gasteiger partial charge in [0.1, 0.15) is 6.10 Å². The Labute approximate surface area is 148 Å². The molecule has 0 saturated heterocycles. The Hall–Kier alpha value is -1.71. The third-order valence-corrected chi connectivity index (χ3v) is 4.45. The van der Waals surface area contributed by atoms with E-state index < -0.39 is 23.8 Å². The zero-order valence-electron chi connectivity index (χ0n) is 13.5. The highest BCUT2D eigenvalue weighted by atomic mass is 35.5. The smallest absolute Gasteiger partial charge is 0.337 e. The lowest BCUT2D eigenvalue weighted by Gasteiger charge is -2.33. The molecule has 1 fully saturated rings. The molecule has 1 aromatic rings. The van der Waals surface area contributed by atoms with E-state index in [1.54, 1.807) is 6.92 Å². The third-order valence-electron chi connectivity index (χ3n) is 4.21. The van der Waals surface area contributed by atoms with E-state index >= 15 is 0 Å². The van der Waals surface area contributed by atoms with Crippen molar-refractivity contribution in [3.05, 3.63) is 28.8 Å². The number of amides is 1. The third kappa shape index (κ3) is 3.49. The molecule has 0 spiro atoms. The summed E-state index contributed by atoms with van der Waals surface area (Å²) in [5.41, 5.74) is -3.13. The average molecular weight is 372 g/mol. The lowest BCUT2D eigenvalue weighted by molar-refractivity contribution is -0.268. The topological polar surface area (TPSA) is 38.3 Å². The van der Waals surface area contributed by atoms with E-state index in [4.69, 9.17) is 16.3 Å². The molecule has 1 aromatic carbocycles. The van der Waals surface area contributed by atoms with Gasteiger partial charge >= 0.3 is 6.18 Å². The van der Waals surface area contributed by atoms with Gasteiger partial charge in [0, 0.05) is 22.2 Å². The van der Waals surface area contributed by atoms with E-state index in [1.165, 1.54) is 18.2 Å². The number of nitrogens with one attached hydrogen (secondary N) is 1. The zero-order chi connectivity index (χ0) is 18.2. The fourth-order valence-corrected chi connectivity index (χ4v) is 2.90. The van der Waals surface area contributed by atoms with Crippen molar-refractivity contribution in [1.29, 1.82) is 0 Å². The van der Waals surface area contributed by atoms with Crippen molar-refractivity contribution < 1.29 is 22.7 Å². The van der Waals surface area contributed by atoms with Gasteiger partial charge in [-0.2, -0.15) is 13.2 Å². The van der Waals surface area contributed by atoms with Crippen molar-refractivity contribution in [1.82, 2.24) is 0 Å². The largest absolute Gasteiger partial charge is 0.433 e. The van der Waals surface area contributed by atoms with Gasteiger partial charge in [0.2, 0.25) is 0 Å². The molecule has 0 radical (unpaired) electrons. The summed E-state index contributed by atoms with van der Waals surface area (Å²) in [6, 6.07) is 3.95. The molecule has 0 unspecified atom stereocenters. The highest BCUT2D eigenvalue weighted by molar-refractivity contribution is 6.30. The summed E-state index contributed by atoms with van der Waals surface area (Å²) in [6.45, 7) is 1.77. The highest BCUT2D eigenvalue weighted by Crippen LogP contribution is 2.48. The summed E-state index contributed by atoms with van der Waals surface area (Å²) < 4.78 is 48.0. The fourth-order valence-electron chi connectivity index (χ4n) is 2.73. The highest BCUT2D eigenvalue weighted by Gasteiger charge is 2.60. The number of ether oxygens (including phenoxy) is 1. The average Bonchev–Trinajstić information content (AvgIpc) is 3.35. The molecule has 2 aliphatic rings. The molecule has 1 N–H and O–H groups in total. The Morgan fingerprint density at radius 2 is 2.12 bits per heavy atom. The molecule has 1 amide bonds. The number of carbonyl (C=O) groups excluding carboxylic acids is 1. The molecule has 3 rings (SSSR count). The Balaban J connectivity index is 2.22. The molecule has 7 heteroatoms. The van der Waals surface area contributed by atoms with Crippen molar-refractivity contribution >= 4 is 23.2 Å². The predicted octanol–water partition coefficient (Wildman–Crippen LogP) is 4.65. The van der Waals surface area contributed by atoms with Crippen LogP contribution in [-0.2, 0) is 15.1 Å². The first-order valence-electron chi connectivity index (χ1n) is 8.15. The standard InChI is InChI=1S/C18H17ClF3NO2/c1-2-3-15-16(24)23-14-7-6-12(19)10-13(14)17(25-15,18(20,21)22)9-8-11-4-5-11/h6-7,10-11,15H,2-5H2,1H3,(H,23,24)/t15-,17-/m0/s1. The first kappa shape index (κ1) is 18.1. The van der Waals surface area contributed by atoms with Gasteiger partial charge < -0.3 is 10.1 Å². The molecular weight excluding hydrogens is 355 g/mol. The minimum atomic E-state index is -4.83. The number of benzene rings is 1. The summed E-state index contributed by atoms with van der Waals surface area (Å²) in [4.78, 5) is 12.3. The Bertz CT molecular complexity index is 749. The molecular formula is C18H17ClF3NO2. The second kappa shape index (κ2) is 6.54. The first-order valence-corrected chi connectivity index (χ1v) is 8.53. The van der Waals surface area contributed by atoms with Gasteiger partial charge in [-0.05, 0) is 37.5 Å². The van der Waals surface area contributed by atoms with Gasteiger partial charge in [0.25, 0.3) is 11.5 Å². The fraction of sp³-hybridized carbons (Fsp3) is 0.500. The van der Waals surface area contributed by atoms with E-state index in [1.807, 2.05) is 0 Å². The van der Waals surface area contributed by atoms with Crippen LogP contribution in [0, 0.1) is 17.8 Å². The minimum Gasteiger partial charge on any atom is -0.337 e. The number of fused-ring (bicyclic) bond motifs is 1. The van der Waals surface area contributed by atoms with Crippen LogP contribution in [0.25, 0.3) is 0 Å². The maximum absolute atomic E-state index is 14.2. The molecule has 134 valence electrons. The number of carbonyl (C=O) groups is 1. The van der Waals surface area contributed by atoms with Gasteiger partial charge in [-0.1, -0.05) is 36.8 Å². The van der Waals surface area contributed by atoms with E-state index in [0.29, 0.717) is 6.42 Å². The molecule has 0 bridgehead atoms. The van der Waals surface area contributed by atoms with Crippen molar-refractivity contribution in [3.63, 3.8) is 0 Å². The van der Waals surface area contributed by atoms with E-state index in [2.05, 4.69) is 17.2 Å². The molecule has 1 aliphatic carbocycles. The molecule has 1 aliphatic heterocycles. The van der Waals surface area contributed by atoms with Crippen molar-refractivity contribution in [3.8, 4) is 11.8 Å². The van der Waals surface area contributed by atoms with E-state index in [0.717, 1.165) is 12.8 Å². The molecule has 25 heavy (non-hydrogen) atoms. The summed E-state index contributed by atoms with van der Waals surface area (Å²) in [5, 5.41) is 2.64. The number of hydrogen-bond acceptors (Lipinski definition) is 2. The molecule has 1 heterocycles. The van der Waals surface area contributed by atoms with E-state index in [9.17, 15) is 18.0 Å². The van der Waals surface area contributed by atoms with Crippen molar-refractivity contribution in [2.75, 3.05) is 5.32 Å². The van der Waals surface area contributed by atoms with Crippen LogP contribution in [-0.4, -0.2) is 18.2 Å². The van der Waals surface area contributed by atoms with Gasteiger partial charge in [-0.25, -0.2) is 0 Å². The van der Waals surface area contributed by atoms with Crippen LogP contribution in [0.5, 0.6) is 0 Å². The van der Waals surface area contributed by atoms with Crippen LogP contribution >= 0.6 is 11.6 Å². The summed E-state index contributed by atoms with van der Waals surface area (Å²) in [7, 11) is 0. The Kier molecular flexibility index (Phi) is 4.74. The number of halogens is 4. The van der Waals surface area contributed by atoms with Gasteiger partial charge in [0.05, 0.1) is 0 Å². The normalized spacial score (nSPS) is 26.1. The molecule has 1 saturated carbocycles.